The Morgan fingerprint density at radius 3 is 1.42 bits per heavy atom. The van der Waals surface area contributed by atoms with E-state index in [1.165, 1.54) is 46.9 Å². The molecular formula is C44H52Br2F2N8O6S2. The smallest absolute Gasteiger partial charge is 0.338 e. The van der Waals surface area contributed by atoms with Crippen LogP contribution in [0.2, 0.25) is 0 Å². The topological polar surface area (TPSA) is 152 Å². The SMILES string of the molecule is C.C.CCOC(=O)C1=C(CN2CCOCC2)NC(c2nccs2)=NC1c1ccc(F)cc1Br.CCOC(=O)C1=C(CN2CCOCC2)NC(c2nccs2)=NC1c1ccc(F)cc1Br. The third-order valence-electron chi connectivity index (χ3n) is 10.00. The number of hydrogen-bond donors (Lipinski definition) is 2. The van der Waals surface area contributed by atoms with Gasteiger partial charge in [0.05, 0.1) is 50.8 Å². The number of benzene rings is 2. The lowest BCUT2D eigenvalue weighted by molar-refractivity contribution is -0.139. The van der Waals surface area contributed by atoms with Gasteiger partial charge >= 0.3 is 11.9 Å². The molecule has 2 fully saturated rings. The Morgan fingerprint density at radius 1 is 0.703 bits per heavy atom. The van der Waals surface area contributed by atoms with Crippen molar-refractivity contribution < 1.29 is 37.3 Å². The van der Waals surface area contributed by atoms with Crippen LogP contribution in [0.3, 0.4) is 0 Å². The number of hydrogen-bond acceptors (Lipinski definition) is 16. The van der Waals surface area contributed by atoms with Crippen molar-refractivity contribution in [3.8, 4) is 0 Å². The molecule has 0 amide bonds. The number of esters is 2. The first-order chi connectivity index (χ1) is 30.1. The minimum atomic E-state index is -0.662. The molecule has 0 spiro atoms. The maximum absolute atomic E-state index is 13.8. The zero-order chi connectivity index (χ0) is 43.6. The minimum absolute atomic E-state index is 0. The highest BCUT2D eigenvalue weighted by Gasteiger charge is 2.36. The van der Waals surface area contributed by atoms with Crippen molar-refractivity contribution in [3.63, 3.8) is 0 Å². The Morgan fingerprint density at radius 2 is 1.09 bits per heavy atom. The van der Waals surface area contributed by atoms with E-state index >= 15 is 0 Å². The predicted octanol–water partition coefficient (Wildman–Crippen LogP) is 7.84. The summed E-state index contributed by atoms with van der Waals surface area (Å²) in [5.74, 6) is -0.476. The van der Waals surface area contributed by atoms with Crippen LogP contribution in [-0.2, 0) is 28.5 Å². The second-order valence-electron chi connectivity index (χ2n) is 14.0. The quantitative estimate of drug-likeness (QED) is 0.133. The molecule has 14 nitrogen and oxygen atoms in total. The molecule has 0 bridgehead atoms. The van der Waals surface area contributed by atoms with Crippen molar-refractivity contribution in [3.05, 3.63) is 124 Å². The largest absolute Gasteiger partial charge is 0.463 e. The maximum atomic E-state index is 13.8. The van der Waals surface area contributed by atoms with Crippen molar-refractivity contribution in [1.29, 1.82) is 0 Å². The van der Waals surface area contributed by atoms with E-state index in [1.807, 2.05) is 10.8 Å². The molecule has 6 heterocycles. The summed E-state index contributed by atoms with van der Waals surface area (Å²) in [6, 6.07) is 7.45. The number of ether oxygens (including phenoxy) is 4. The van der Waals surface area contributed by atoms with E-state index in [9.17, 15) is 18.4 Å². The Balaban J connectivity index is 0.000000234. The summed E-state index contributed by atoms with van der Waals surface area (Å²) in [5, 5.41) is 11.8. The first kappa shape index (κ1) is 50.7. The van der Waals surface area contributed by atoms with Gasteiger partial charge in [-0.15, -0.1) is 22.7 Å². The number of morpholine rings is 2. The molecule has 20 heteroatoms. The van der Waals surface area contributed by atoms with Gasteiger partial charge in [-0.3, -0.25) is 19.8 Å². The second kappa shape index (κ2) is 24.3. The molecule has 2 aromatic carbocycles. The second-order valence-corrected chi connectivity index (χ2v) is 17.5. The van der Waals surface area contributed by atoms with E-state index < -0.39 is 24.0 Å². The van der Waals surface area contributed by atoms with Gasteiger partial charge in [0, 0.05) is 82.8 Å². The minimum Gasteiger partial charge on any atom is -0.463 e. The van der Waals surface area contributed by atoms with Crippen LogP contribution in [0.5, 0.6) is 0 Å². The van der Waals surface area contributed by atoms with Crippen molar-refractivity contribution in [2.24, 2.45) is 9.98 Å². The lowest BCUT2D eigenvalue weighted by Gasteiger charge is -2.32. The van der Waals surface area contributed by atoms with Crippen molar-refractivity contribution in [1.82, 2.24) is 30.4 Å². The van der Waals surface area contributed by atoms with Crippen molar-refractivity contribution in [2.75, 3.05) is 78.9 Å². The van der Waals surface area contributed by atoms with Crippen LogP contribution in [0, 0.1) is 11.6 Å². The van der Waals surface area contributed by atoms with E-state index in [-0.39, 0.29) is 39.7 Å². The molecule has 2 saturated heterocycles. The fourth-order valence-electron chi connectivity index (χ4n) is 7.10. The molecule has 4 aliphatic rings. The van der Waals surface area contributed by atoms with Gasteiger partial charge < -0.3 is 29.6 Å². The van der Waals surface area contributed by atoms with E-state index in [0.717, 1.165) is 26.2 Å². The lowest BCUT2D eigenvalue weighted by atomic mass is 9.95. The van der Waals surface area contributed by atoms with Crippen molar-refractivity contribution >= 4 is 78.1 Å². The number of aliphatic imine (C=N–C) groups is 2. The van der Waals surface area contributed by atoms with Crippen LogP contribution in [-0.4, -0.2) is 122 Å². The summed E-state index contributed by atoms with van der Waals surface area (Å²) >= 11 is 9.79. The molecule has 0 aliphatic carbocycles. The number of carbonyl (C=O) groups excluding carboxylic acids is 2. The highest BCUT2D eigenvalue weighted by molar-refractivity contribution is 9.10. The number of aromatic nitrogens is 2. The van der Waals surface area contributed by atoms with Gasteiger partial charge in [0.1, 0.15) is 23.7 Å². The molecular weight excluding hydrogens is 998 g/mol. The number of nitrogens with one attached hydrogen (secondary N) is 2. The van der Waals surface area contributed by atoms with Gasteiger partial charge in [-0.1, -0.05) is 58.8 Å². The molecule has 2 aromatic heterocycles. The number of thiazole rings is 2. The number of nitrogens with zero attached hydrogens (tertiary/aromatic N) is 6. The Kier molecular flexibility index (Phi) is 19.3. The van der Waals surface area contributed by atoms with Gasteiger partial charge in [0.25, 0.3) is 0 Å². The zero-order valence-electron chi connectivity index (χ0n) is 33.9. The van der Waals surface area contributed by atoms with Crippen LogP contribution in [0.1, 0.15) is 61.9 Å². The Labute approximate surface area is 397 Å². The Bertz CT molecular complexity index is 2170. The summed E-state index contributed by atoms with van der Waals surface area (Å²) in [6.45, 7) is 10.6. The molecule has 0 saturated carbocycles. The summed E-state index contributed by atoms with van der Waals surface area (Å²) < 4.78 is 50.3. The molecule has 2 atom stereocenters. The van der Waals surface area contributed by atoms with E-state index in [1.54, 1.807) is 38.4 Å². The maximum Gasteiger partial charge on any atom is 0.338 e. The molecule has 4 aliphatic heterocycles. The summed E-state index contributed by atoms with van der Waals surface area (Å²) in [5.41, 5.74) is 3.62. The van der Waals surface area contributed by atoms with Crippen LogP contribution in [0.4, 0.5) is 8.78 Å². The van der Waals surface area contributed by atoms with E-state index in [0.29, 0.717) is 104 Å². The van der Waals surface area contributed by atoms with Crippen LogP contribution >= 0.6 is 54.5 Å². The van der Waals surface area contributed by atoms with Gasteiger partial charge in [0.15, 0.2) is 21.7 Å². The van der Waals surface area contributed by atoms with Gasteiger partial charge in [-0.25, -0.2) is 28.3 Å². The zero-order valence-corrected chi connectivity index (χ0v) is 38.7. The number of amidine groups is 2. The average Bonchev–Trinajstić information content (AvgIpc) is 4.01. The number of carbonyl (C=O) groups is 2. The van der Waals surface area contributed by atoms with E-state index in [4.69, 9.17) is 28.9 Å². The van der Waals surface area contributed by atoms with Crippen LogP contribution in [0.15, 0.2) is 101 Å². The van der Waals surface area contributed by atoms with Gasteiger partial charge in [-0.05, 0) is 49.2 Å². The van der Waals surface area contributed by atoms with Crippen molar-refractivity contribution in [2.45, 2.75) is 40.8 Å². The normalized spacial score (nSPS) is 19.1. The molecule has 344 valence electrons. The molecule has 2 N–H and O–H groups in total. The predicted molar refractivity (Wildman–Crippen MR) is 253 cm³/mol. The van der Waals surface area contributed by atoms with Crippen LogP contribution < -0.4 is 10.6 Å². The monoisotopic (exact) mass is 1050 g/mol. The fraction of sp³-hybridized carbons (Fsp3) is 0.409. The highest BCUT2D eigenvalue weighted by atomic mass is 79.9. The van der Waals surface area contributed by atoms with Gasteiger partial charge in [-0.2, -0.15) is 0 Å². The molecule has 64 heavy (non-hydrogen) atoms. The lowest BCUT2D eigenvalue weighted by Crippen LogP contribution is -2.43. The highest BCUT2D eigenvalue weighted by Crippen LogP contribution is 2.39. The summed E-state index contributed by atoms with van der Waals surface area (Å²) in [7, 11) is 0. The standard InChI is InChI=1S/2C21H22BrFN4O3S.2CH4/c2*1-2-30-21(28)17-16(12-27-6-8-29-9-7-27)25-19(20-24-5-10-31-20)26-18(17)14-4-3-13(23)11-15(14)22;;/h2*3-5,10-11,18H,2,6-9,12H2,1H3,(H,25,26);2*1H4. The van der Waals surface area contributed by atoms with E-state index in [2.05, 4.69) is 62.3 Å². The number of halogens is 4. The first-order valence-electron chi connectivity index (χ1n) is 19.9. The first-order valence-corrected chi connectivity index (χ1v) is 23.3. The average molecular weight is 1050 g/mol. The molecule has 2 unspecified atom stereocenters. The molecule has 8 rings (SSSR count). The summed E-state index contributed by atoms with van der Waals surface area (Å²) in [6.07, 6.45) is 3.42. The summed E-state index contributed by atoms with van der Waals surface area (Å²) in [4.78, 5) is 48.9. The molecule has 0 radical (unpaired) electrons. The number of rotatable bonds is 12. The van der Waals surface area contributed by atoms with Crippen LogP contribution in [0.25, 0.3) is 0 Å². The Hall–Kier alpha value is -4.28. The third kappa shape index (κ3) is 12.5. The van der Waals surface area contributed by atoms with Gasteiger partial charge in [0.2, 0.25) is 0 Å². The molecule has 4 aromatic rings. The fourth-order valence-corrected chi connectivity index (χ4v) is 9.41. The third-order valence-corrected chi connectivity index (χ3v) is 12.9.